The standard InChI is InChI=1S/C18H15F3N4O2/c1-11-23-15(9-16(24-11)22-10-14-3-2-8-27-14)17(26)25-13-6-4-12(5-7-13)18(19,20)21/h2-9H,10H2,1H3,(H,25,26)(H,22,23,24). The molecule has 2 aromatic heterocycles. The Morgan fingerprint density at radius 3 is 2.52 bits per heavy atom. The van der Waals surface area contributed by atoms with Crippen molar-refractivity contribution >= 4 is 17.4 Å². The number of carbonyl (C=O) groups is 1. The van der Waals surface area contributed by atoms with Crippen molar-refractivity contribution in [3.63, 3.8) is 0 Å². The van der Waals surface area contributed by atoms with Crippen molar-refractivity contribution in [3.05, 3.63) is 71.6 Å². The van der Waals surface area contributed by atoms with Gasteiger partial charge in [-0.3, -0.25) is 4.79 Å². The number of nitrogens with one attached hydrogen (secondary N) is 2. The van der Waals surface area contributed by atoms with Crippen LogP contribution in [0.1, 0.15) is 27.6 Å². The molecule has 0 fully saturated rings. The van der Waals surface area contributed by atoms with E-state index < -0.39 is 17.6 Å². The summed E-state index contributed by atoms with van der Waals surface area (Å²) < 4.78 is 43.0. The van der Waals surface area contributed by atoms with Crippen molar-refractivity contribution in [1.29, 1.82) is 0 Å². The van der Waals surface area contributed by atoms with Gasteiger partial charge in [0.1, 0.15) is 23.1 Å². The van der Waals surface area contributed by atoms with E-state index in [2.05, 4.69) is 20.6 Å². The van der Waals surface area contributed by atoms with Crippen molar-refractivity contribution in [2.24, 2.45) is 0 Å². The summed E-state index contributed by atoms with van der Waals surface area (Å²) in [5.41, 5.74) is -0.471. The first kappa shape index (κ1) is 18.4. The number of aromatic nitrogens is 2. The lowest BCUT2D eigenvalue weighted by atomic mass is 10.2. The van der Waals surface area contributed by atoms with Gasteiger partial charge in [0.15, 0.2) is 0 Å². The molecule has 0 saturated heterocycles. The number of furan rings is 1. The minimum absolute atomic E-state index is 0.0874. The normalized spacial score (nSPS) is 11.3. The van der Waals surface area contributed by atoms with Crippen LogP contribution in [0.25, 0.3) is 0 Å². The third-order valence-corrected chi connectivity index (χ3v) is 3.56. The summed E-state index contributed by atoms with van der Waals surface area (Å²) in [6.45, 7) is 2.01. The molecule has 0 unspecified atom stereocenters. The summed E-state index contributed by atoms with van der Waals surface area (Å²) in [6.07, 6.45) is -2.88. The minimum atomic E-state index is -4.43. The second kappa shape index (κ2) is 7.48. The van der Waals surface area contributed by atoms with Gasteiger partial charge in [-0.2, -0.15) is 13.2 Å². The Labute approximate surface area is 152 Å². The van der Waals surface area contributed by atoms with Crippen LogP contribution in [0.4, 0.5) is 24.7 Å². The number of alkyl halides is 3. The van der Waals surface area contributed by atoms with Gasteiger partial charge < -0.3 is 15.1 Å². The van der Waals surface area contributed by atoms with Crippen molar-refractivity contribution < 1.29 is 22.4 Å². The number of anilines is 2. The highest BCUT2D eigenvalue weighted by atomic mass is 19.4. The predicted octanol–water partition coefficient (Wildman–Crippen LogP) is 4.26. The van der Waals surface area contributed by atoms with Crippen LogP contribution in [0.3, 0.4) is 0 Å². The smallest absolute Gasteiger partial charge is 0.416 e. The molecule has 1 amide bonds. The molecular formula is C18H15F3N4O2. The lowest BCUT2D eigenvalue weighted by Crippen LogP contribution is -2.16. The number of benzene rings is 1. The molecular weight excluding hydrogens is 361 g/mol. The van der Waals surface area contributed by atoms with Crippen LogP contribution >= 0.6 is 0 Å². The average molecular weight is 376 g/mol. The van der Waals surface area contributed by atoms with Gasteiger partial charge in [0.2, 0.25) is 0 Å². The molecule has 0 atom stereocenters. The van der Waals surface area contributed by atoms with Gasteiger partial charge in [-0.1, -0.05) is 0 Å². The third kappa shape index (κ3) is 4.84. The molecule has 2 N–H and O–H groups in total. The predicted molar refractivity (Wildman–Crippen MR) is 92.2 cm³/mol. The van der Waals surface area contributed by atoms with E-state index >= 15 is 0 Å². The quantitative estimate of drug-likeness (QED) is 0.695. The molecule has 140 valence electrons. The van der Waals surface area contributed by atoms with E-state index in [1.165, 1.54) is 18.2 Å². The summed E-state index contributed by atoms with van der Waals surface area (Å²) in [6, 6.07) is 9.17. The number of halogens is 3. The van der Waals surface area contributed by atoms with Crippen LogP contribution in [0.15, 0.2) is 53.1 Å². The van der Waals surface area contributed by atoms with Crippen LogP contribution < -0.4 is 10.6 Å². The topological polar surface area (TPSA) is 80.0 Å². The number of aryl methyl sites for hydroxylation is 1. The molecule has 0 spiro atoms. The second-order valence-electron chi connectivity index (χ2n) is 5.65. The highest BCUT2D eigenvalue weighted by Crippen LogP contribution is 2.29. The van der Waals surface area contributed by atoms with Crippen molar-refractivity contribution in [1.82, 2.24) is 9.97 Å². The molecule has 0 radical (unpaired) electrons. The fraction of sp³-hybridized carbons (Fsp3) is 0.167. The zero-order chi connectivity index (χ0) is 19.4. The lowest BCUT2D eigenvalue weighted by Gasteiger charge is -2.10. The zero-order valence-electron chi connectivity index (χ0n) is 14.2. The van der Waals surface area contributed by atoms with Gasteiger partial charge in [0, 0.05) is 11.8 Å². The molecule has 1 aromatic carbocycles. The Morgan fingerprint density at radius 2 is 1.89 bits per heavy atom. The van der Waals surface area contributed by atoms with E-state index in [1.54, 1.807) is 25.3 Å². The first-order chi connectivity index (χ1) is 12.8. The molecule has 3 rings (SSSR count). The van der Waals surface area contributed by atoms with Crippen molar-refractivity contribution in [3.8, 4) is 0 Å². The summed E-state index contributed by atoms with van der Waals surface area (Å²) >= 11 is 0. The second-order valence-corrected chi connectivity index (χ2v) is 5.65. The Balaban J connectivity index is 1.70. The fourth-order valence-electron chi connectivity index (χ4n) is 2.30. The Hall–Kier alpha value is -3.36. The molecule has 0 bridgehead atoms. The molecule has 0 saturated carbocycles. The first-order valence-corrected chi connectivity index (χ1v) is 7.92. The van der Waals surface area contributed by atoms with Crippen LogP contribution in [0.2, 0.25) is 0 Å². The summed E-state index contributed by atoms with van der Waals surface area (Å²) in [5, 5.41) is 5.54. The Bertz CT molecular complexity index is 923. The maximum atomic E-state index is 12.6. The van der Waals surface area contributed by atoms with Crippen LogP contribution in [-0.2, 0) is 12.7 Å². The summed E-state index contributed by atoms with van der Waals surface area (Å²) in [5.74, 6) is 0.941. The Morgan fingerprint density at radius 1 is 1.15 bits per heavy atom. The molecule has 3 aromatic rings. The maximum Gasteiger partial charge on any atom is 0.416 e. The van der Waals surface area contributed by atoms with Crippen molar-refractivity contribution in [2.75, 3.05) is 10.6 Å². The number of hydrogen-bond donors (Lipinski definition) is 2. The van der Waals surface area contributed by atoms with Gasteiger partial charge in [0.05, 0.1) is 18.4 Å². The largest absolute Gasteiger partial charge is 0.467 e. The van der Waals surface area contributed by atoms with E-state index in [1.807, 2.05) is 0 Å². The maximum absolute atomic E-state index is 12.6. The third-order valence-electron chi connectivity index (χ3n) is 3.56. The van der Waals surface area contributed by atoms with E-state index in [4.69, 9.17) is 4.42 Å². The number of amides is 1. The Kier molecular flexibility index (Phi) is 5.11. The van der Waals surface area contributed by atoms with E-state index in [0.717, 1.165) is 12.1 Å². The van der Waals surface area contributed by atoms with E-state index in [9.17, 15) is 18.0 Å². The van der Waals surface area contributed by atoms with Gasteiger partial charge >= 0.3 is 6.18 Å². The van der Waals surface area contributed by atoms with Gasteiger partial charge in [-0.25, -0.2) is 9.97 Å². The summed E-state index contributed by atoms with van der Waals surface area (Å²) in [7, 11) is 0. The number of nitrogens with zero attached hydrogens (tertiary/aromatic N) is 2. The number of hydrogen-bond acceptors (Lipinski definition) is 5. The average Bonchev–Trinajstić information content (AvgIpc) is 3.13. The van der Waals surface area contributed by atoms with Crippen molar-refractivity contribution in [2.45, 2.75) is 19.6 Å². The highest BCUT2D eigenvalue weighted by molar-refractivity contribution is 6.03. The van der Waals surface area contributed by atoms with Gasteiger partial charge in [-0.05, 0) is 43.3 Å². The van der Waals surface area contributed by atoms with E-state index in [0.29, 0.717) is 23.9 Å². The SMILES string of the molecule is Cc1nc(NCc2ccco2)cc(C(=O)Nc2ccc(C(F)(F)F)cc2)n1. The molecule has 0 aliphatic rings. The number of rotatable bonds is 5. The van der Waals surface area contributed by atoms with Gasteiger partial charge in [-0.15, -0.1) is 0 Å². The number of carbonyl (C=O) groups excluding carboxylic acids is 1. The molecule has 0 aliphatic carbocycles. The monoisotopic (exact) mass is 376 g/mol. The molecule has 2 heterocycles. The van der Waals surface area contributed by atoms with E-state index in [-0.39, 0.29) is 11.4 Å². The van der Waals surface area contributed by atoms with Crippen LogP contribution in [0, 0.1) is 6.92 Å². The molecule has 9 heteroatoms. The summed E-state index contributed by atoms with van der Waals surface area (Å²) in [4.78, 5) is 20.6. The van der Waals surface area contributed by atoms with Crippen LogP contribution in [0.5, 0.6) is 0 Å². The first-order valence-electron chi connectivity index (χ1n) is 7.92. The highest BCUT2D eigenvalue weighted by Gasteiger charge is 2.30. The van der Waals surface area contributed by atoms with Gasteiger partial charge in [0.25, 0.3) is 5.91 Å². The lowest BCUT2D eigenvalue weighted by molar-refractivity contribution is -0.137. The molecule has 6 nitrogen and oxygen atoms in total. The van der Waals surface area contributed by atoms with Crippen LogP contribution in [-0.4, -0.2) is 15.9 Å². The molecule has 27 heavy (non-hydrogen) atoms. The fourth-order valence-corrected chi connectivity index (χ4v) is 2.30. The zero-order valence-corrected chi connectivity index (χ0v) is 14.2. The minimum Gasteiger partial charge on any atom is -0.467 e. The molecule has 0 aliphatic heterocycles.